The maximum atomic E-state index is 13.4. The largest absolute Gasteiger partial charge is 0.335 e. The van der Waals surface area contributed by atoms with Crippen LogP contribution in [0.5, 0.6) is 0 Å². The number of carbonyl (C=O) groups excluding carboxylic acids is 2. The van der Waals surface area contributed by atoms with Gasteiger partial charge in [0.1, 0.15) is 6.54 Å². The van der Waals surface area contributed by atoms with E-state index in [-0.39, 0.29) is 18.4 Å². The first-order valence-corrected chi connectivity index (χ1v) is 12.0. The van der Waals surface area contributed by atoms with Crippen molar-refractivity contribution in [2.45, 2.75) is 71.1 Å². The van der Waals surface area contributed by atoms with Gasteiger partial charge in [0.2, 0.25) is 11.8 Å². The Balaban J connectivity index is 1.71. The number of hydrogen-bond acceptors (Lipinski definition) is 4. The van der Waals surface area contributed by atoms with Crippen LogP contribution >= 0.6 is 0 Å². The molecule has 3 heterocycles. The van der Waals surface area contributed by atoms with Gasteiger partial charge in [0, 0.05) is 56.2 Å². The molecule has 172 valence electrons. The van der Waals surface area contributed by atoms with E-state index in [0.717, 1.165) is 43.6 Å². The van der Waals surface area contributed by atoms with Gasteiger partial charge in [0.05, 0.1) is 0 Å². The number of para-hydroxylation sites is 1. The van der Waals surface area contributed by atoms with Gasteiger partial charge < -0.3 is 9.80 Å². The van der Waals surface area contributed by atoms with Crippen LogP contribution in [0.2, 0.25) is 0 Å². The molecule has 0 saturated carbocycles. The van der Waals surface area contributed by atoms with Crippen molar-refractivity contribution in [1.29, 1.82) is 0 Å². The molecular weight excluding hydrogens is 402 g/mol. The topological polar surface area (TPSA) is 61.7 Å². The Hall–Kier alpha value is -2.67. The molecule has 2 aliphatic heterocycles. The Morgan fingerprint density at radius 1 is 1.03 bits per heavy atom. The number of amides is 2. The number of nitrogens with zero attached hydrogens (tertiary/aromatic N) is 5. The summed E-state index contributed by atoms with van der Waals surface area (Å²) in [4.78, 5) is 32.9. The van der Waals surface area contributed by atoms with Crippen molar-refractivity contribution in [2.75, 3.05) is 24.5 Å². The highest BCUT2D eigenvalue weighted by molar-refractivity contribution is 5.94. The standard InChI is InChI=1S/C25H35N5O2/c1-3-24(31)30-16-13-21-10-7-11-22(29(21)4-2)18-27(17-20-9-5-6-12-23(20)30)25(32)19-28-15-8-14-26-28/h5-6,8-9,12,14-15,21-22H,3-4,7,10-11,13,16-19H2,1-2H3. The van der Waals surface area contributed by atoms with E-state index in [4.69, 9.17) is 0 Å². The number of likely N-dealkylation sites (N-methyl/N-ethyl adjacent to an activating group) is 1. The fraction of sp³-hybridized carbons (Fsp3) is 0.560. The van der Waals surface area contributed by atoms with Crippen molar-refractivity contribution in [3.63, 3.8) is 0 Å². The van der Waals surface area contributed by atoms with Gasteiger partial charge in [-0.2, -0.15) is 5.10 Å². The molecule has 4 rings (SSSR count). The van der Waals surface area contributed by atoms with E-state index in [2.05, 4.69) is 23.0 Å². The Labute approximate surface area is 191 Å². The van der Waals surface area contributed by atoms with Crippen molar-refractivity contribution < 1.29 is 9.59 Å². The minimum atomic E-state index is 0.0642. The second kappa shape index (κ2) is 10.3. The Morgan fingerprint density at radius 3 is 2.59 bits per heavy atom. The predicted molar refractivity (Wildman–Crippen MR) is 125 cm³/mol. The third-order valence-electron chi connectivity index (χ3n) is 6.95. The average Bonchev–Trinajstić information content (AvgIpc) is 3.31. The van der Waals surface area contributed by atoms with Gasteiger partial charge in [-0.3, -0.25) is 19.2 Å². The molecule has 0 spiro atoms. The fourth-order valence-corrected chi connectivity index (χ4v) is 5.35. The van der Waals surface area contributed by atoms with Crippen LogP contribution in [0.4, 0.5) is 5.69 Å². The summed E-state index contributed by atoms with van der Waals surface area (Å²) >= 11 is 0. The van der Waals surface area contributed by atoms with E-state index < -0.39 is 0 Å². The number of hydrogen-bond donors (Lipinski definition) is 0. The van der Waals surface area contributed by atoms with Gasteiger partial charge in [-0.05, 0) is 43.5 Å². The molecule has 2 aliphatic rings. The van der Waals surface area contributed by atoms with E-state index in [1.54, 1.807) is 10.9 Å². The molecule has 32 heavy (non-hydrogen) atoms. The van der Waals surface area contributed by atoms with E-state index >= 15 is 0 Å². The summed E-state index contributed by atoms with van der Waals surface area (Å²) in [6.45, 7) is 7.26. The van der Waals surface area contributed by atoms with Gasteiger partial charge in [0.25, 0.3) is 0 Å². The van der Waals surface area contributed by atoms with Crippen molar-refractivity contribution >= 4 is 17.5 Å². The molecule has 2 amide bonds. The lowest BCUT2D eigenvalue weighted by molar-refractivity contribution is -0.134. The number of aromatic nitrogens is 2. The lowest BCUT2D eigenvalue weighted by atomic mass is 9.93. The zero-order valence-corrected chi connectivity index (χ0v) is 19.3. The molecule has 0 N–H and O–H groups in total. The SMILES string of the molecule is CCC(=O)N1CCC2CCCC(CN(C(=O)Cn3cccn3)Cc3ccccc31)N2CC. The summed E-state index contributed by atoms with van der Waals surface area (Å²) in [6.07, 6.45) is 8.40. The average molecular weight is 438 g/mol. The summed E-state index contributed by atoms with van der Waals surface area (Å²) in [5.41, 5.74) is 1.97. The molecule has 0 aliphatic carbocycles. The van der Waals surface area contributed by atoms with Crippen molar-refractivity contribution in [3.8, 4) is 0 Å². The van der Waals surface area contributed by atoms with Crippen LogP contribution in [-0.4, -0.2) is 63.1 Å². The first kappa shape index (κ1) is 22.5. The quantitative estimate of drug-likeness (QED) is 0.736. The predicted octanol–water partition coefficient (Wildman–Crippen LogP) is 3.30. The maximum absolute atomic E-state index is 13.4. The van der Waals surface area contributed by atoms with Gasteiger partial charge in [-0.1, -0.05) is 38.5 Å². The molecule has 0 radical (unpaired) electrons. The summed E-state index contributed by atoms with van der Waals surface area (Å²) < 4.78 is 1.69. The molecule has 7 heteroatoms. The van der Waals surface area contributed by atoms with E-state index in [1.165, 1.54) is 6.42 Å². The van der Waals surface area contributed by atoms with Crippen molar-refractivity contribution in [1.82, 2.24) is 19.6 Å². The molecule has 2 atom stereocenters. The highest BCUT2D eigenvalue weighted by Gasteiger charge is 2.33. The van der Waals surface area contributed by atoms with Crippen molar-refractivity contribution in [3.05, 3.63) is 48.3 Å². The minimum Gasteiger partial charge on any atom is -0.335 e. The summed E-state index contributed by atoms with van der Waals surface area (Å²) in [7, 11) is 0. The Bertz CT molecular complexity index is 913. The second-order valence-corrected chi connectivity index (χ2v) is 8.86. The third kappa shape index (κ3) is 4.88. The molecular formula is C25H35N5O2. The lowest BCUT2D eigenvalue weighted by Gasteiger charge is -2.43. The first-order chi connectivity index (χ1) is 15.6. The van der Waals surface area contributed by atoms with Gasteiger partial charge >= 0.3 is 0 Å². The fourth-order valence-electron chi connectivity index (χ4n) is 5.35. The highest BCUT2D eigenvalue weighted by Crippen LogP contribution is 2.30. The molecule has 7 nitrogen and oxygen atoms in total. The zero-order valence-electron chi connectivity index (χ0n) is 19.3. The number of anilines is 1. The van der Waals surface area contributed by atoms with Crippen LogP contribution in [0, 0.1) is 0 Å². The van der Waals surface area contributed by atoms with E-state index in [0.29, 0.717) is 31.6 Å². The molecule has 1 aromatic heterocycles. The van der Waals surface area contributed by atoms with Crippen LogP contribution in [0.3, 0.4) is 0 Å². The minimum absolute atomic E-state index is 0.0642. The third-order valence-corrected chi connectivity index (χ3v) is 6.95. The molecule has 2 unspecified atom stereocenters. The summed E-state index contributed by atoms with van der Waals surface area (Å²) in [5, 5.41) is 4.23. The zero-order chi connectivity index (χ0) is 22.5. The van der Waals surface area contributed by atoms with Gasteiger partial charge in [-0.25, -0.2) is 0 Å². The monoisotopic (exact) mass is 437 g/mol. The first-order valence-electron chi connectivity index (χ1n) is 12.0. The van der Waals surface area contributed by atoms with Crippen LogP contribution in [0.1, 0.15) is 51.5 Å². The van der Waals surface area contributed by atoms with E-state index in [9.17, 15) is 9.59 Å². The Kier molecular flexibility index (Phi) is 7.25. The van der Waals surface area contributed by atoms with E-state index in [1.807, 2.05) is 47.2 Å². The number of carbonyl (C=O) groups is 2. The molecule has 1 fully saturated rings. The number of fused-ring (bicyclic) bond motifs is 3. The van der Waals surface area contributed by atoms with Crippen LogP contribution in [-0.2, 0) is 22.7 Å². The number of piperidine rings is 1. The van der Waals surface area contributed by atoms with Gasteiger partial charge in [0.15, 0.2) is 0 Å². The molecule has 1 saturated heterocycles. The highest BCUT2D eigenvalue weighted by atomic mass is 16.2. The van der Waals surface area contributed by atoms with Crippen LogP contribution in [0.15, 0.2) is 42.7 Å². The summed E-state index contributed by atoms with van der Waals surface area (Å²) in [5.74, 6) is 0.204. The van der Waals surface area contributed by atoms with Crippen LogP contribution in [0.25, 0.3) is 0 Å². The second-order valence-electron chi connectivity index (χ2n) is 8.86. The summed E-state index contributed by atoms with van der Waals surface area (Å²) in [6, 6.07) is 10.7. The smallest absolute Gasteiger partial charge is 0.244 e. The molecule has 1 aromatic carbocycles. The number of benzene rings is 1. The molecule has 2 aromatic rings. The lowest BCUT2D eigenvalue weighted by Crippen LogP contribution is -2.52. The van der Waals surface area contributed by atoms with Crippen LogP contribution < -0.4 is 4.90 Å². The Morgan fingerprint density at radius 2 is 1.84 bits per heavy atom. The normalized spacial score (nSPS) is 22.2. The van der Waals surface area contributed by atoms with Gasteiger partial charge in [-0.15, -0.1) is 0 Å². The maximum Gasteiger partial charge on any atom is 0.244 e. The van der Waals surface area contributed by atoms with Crippen molar-refractivity contribution in [2.24, 2.45) is 0 Å². The molecule has 2 bridgehead atoms. The number of rotatable bonds is 4.